The highest BCUT2D eigenvalue weighted by molar-refractivity contribution is 5.99. The second kappa shape index (κ2) is 5.93. The standard InChI is InChI=1S/C14H18F3N3O/c1-20(10-3-4-10)7-6-19-13(21)11-8-9(14(15,16)17)2-5-12(11)18/h2,5,8,10H,3-4,6-7,18H2,1H3,(H,19,21). The molecule has 0 spiro atoms. The van der Waals surface area contributed by atoms with E-state index >= 15 is 0 Å². The molecule has 0 saturated heterocycles. The molecular formula is C14H18F3N3O. The lowest BCUT2D eigenvalue weighted by Crippen LogP contribution is -2.34. The Bertz CT molecular complexity index is 527. The quantitative estimate of drug-likeness (QED) is 0.819. The molecule has 0 bridgehead atoms. The van der Waals surface area contributed by atoms with Crippen molar-refractivity contribution < 1.29 is 18.0 Å². The molecule has 2 rings (SSSR count). The minimum Gasteiger partial charge on any atom is -0.398 e. The first-order valence-corrected chi connectivity index (χ1v) is 6.74. The molecule has 1 aromatic rings. The third kappa shape index (κ3) is 4.10. The molecule has 1 aromatic carbocycles. The van der Waals surface area contributed by atoms with Crippen LogP contribution in [-0.2, 0) is 6.18 Å². The van der Waals surface area contributed by atoms with E-state index < -0.39 is 17.6 Å². The van der Waals surface area contributed by atoms with Crippen LogP contribution in [0, 0.1) is 0 Å². The zero-order chi connectivity index (χ0) is 15.6. The van der Waals surface area contributed by atoms with Gasteiger partial charge >= 0.3 is 6.18 Å². The number of nitrogens with two attached hydrogens (primary N) is 1. The summed E-state index contributed by atoms with van der Waals surface area (Å²) < 4.78 is 37.9. The highest BCUT2D eigenvalue weighted by Gasteiger charge is 2.31. The van der Waals surface area contributed by atoms with Crippen molar-refractivity contribution in [3.8, 4) is 0 Å². The molecule has 1 saturated carbocycles. The Morgan fingerprint density at radius 1 is 1.43 bits per heavy atom. The third-order valence-electron chi connectivity index (χ3n) is 3.55. The molecule has 0 unspecified atom stereocenters. The topological polar surface area (TPSA) is 58.4 Å². The van der Waals surface area contributed by atoms with Crippen LogP contribution < -0.4 is 11.1 Å². The monoisotopic (exact) mass is 301 g/mol. The predicted molar refractivity (Wildman–Crippen MR) is 73.8 cm³/mol. The van der Waals surface area contributed by atoms with E-state index in [0.29, 0.717) is 19.1 Å². The van der Waals surface area contributed by atoms with Gasteiger partial charge in [-0.15, -0.1) is 0 Å². The number of carbonyl (C=O) groups excluding carboxylic acids is 1. The van der Waals surface area contributed by atoms with E-state index in [0.717, 1.165) is 31.0 Å². The van der Waals surface area contributed by atoms with Crippen molar-refractivity contribution in [2.45, 2.75) is 25.1 Å². The Morgan fingerprint density at radius 2 is 2.10 bits per heavy atom. The molecule has 0 aromatic heterocycles. The van der Waals surface area contributed by atoms with Gasteiger partial charge in [-0.2, -0.15) is 13.2 Å². The third-order valence-corrected chi connectivity index (χ3v) is 3.55. The average Bonchev–Trinajstić information content (AvgIpc) is 3.21. The lowest BCUT2D eigenvalue weighted by atomic mass is 10.1. The first-order valence-electron chi connectivity index (χ1n) is 6.74. The summed E-state index contributed by atoms with van der Waals surface area (Å²) in [5.41, 5.74) is 4.61. The van der Waals surface area contributed by atoms with E-state index in [2.05, 4.69) is 10.2 Å². The molecule has 21 heavy (non-hydrogen) atoms. The number of nitrogens with zero attached hydrogens (tertiary/aromatic N) is 1. The van der Waals surface area contributed by atoms with Gasteiger partial charge in [-0.1, -0.05) is 0 Å². The number of benzene rings is 1. The van der Waals surface area contributed by atoms with Gasteiger partial charge in [0.15, 0.2) is 0 Å². The van der Waals surface area contributed by atoms with Gasteiger partial charge in [0.25, 0.3) is 5.91 Å². The number of hydrogen-bond acceptors (Lipinski definition) is 3. The van der Waals surface area contributed by atoms with Crippen LogP contribution in [0.1, 0.15) is 28.8 Å². The van der Waals surface area contributed by atoms with Crippen molar-refractivity contribution in [3.63, 3.8) is 0 Å². The van der Waals surface area contributed by atoms with Crippen molar-refractivity contribution >= 4 is 11.6 Å². The van der Waals surface area contributed by atoms with Crippen LogP contribution in [0.4, 0.5) is 18.9 Å². The Kier molecular flexibility index (Phi) is 4.41. The number of nitrogens with one attached hydrogen (secondary N) is 1. The molecule has 0 radical (unpaired) electrons. The molecule has 1 aliphatic rings. The molecule has 0 heterocycles. The second-order valence-corrected chi connectivity index (χ2v) is 5.27. The van der Waals surface area contributed by atoms with E-state index in [-0.39, 0.29) is 11.3 Å². The summed E-state index contributed by atoms with van der Waals surface area (Å²) in [4.78, 5) is 14.1. The minimum absolute atomic E-state index is 0.0380. The number of likely N-dealkylation sites (N-methyl/N-ethyl adjacent to an activating group) is 1. The summed E-state index contributed by atoms with van der Waals surface area (Å²) in [7, 11) is 1.96. The van der Waals surface area contributed by atoms with Crippen LogP contribution in [0.2, 0.25) is 0 Å². The fourth-order valence-corrected chi connectivity index (χ4v) is 2.07. The first-order chi connectivity index (χ1) is 9.79. The number of carbonyl (C=O) groups is 1. The number of alkyl halides is 3. The van der Waals surface area contributed by atoms with Crippen molar-refractivity contribution in [2.24, 2.45) is 0 Å². The summed E-state index contributed by atoms with van der Waals surface area (Å²) in [5.74, 6) is -0.581. The number of nitrogen functional groups attached to an aromatic ring is 1. The predicted octanol–water partition coefficient (Wildman–Crippen LogP) is 2.11. The maximum absolute atomic E-state index is 12.6. The maximum atomic E-state index is 12.6. The summed E-state index contributed by atoms with van der Waals surface area (Å²) in [6.45, 7) is 1.04. The SMILES string of the molecule is CN(CCNC(=O)c1cc(C(F)(F)F)ccc1N)C1CC1. The summed E-state index contributed by atoms with van der Waals surface area (Å²) >= 11 is 0. The van der Waals surface area contributed by atoms with Crippen LogP contribution >= 0.6 is 0 Å². The zero-order valence-electron chi connectivity index (χ0n) is 11.7. The van der Waals surface area contributed by atoms with Crippen LogP contribution in [0.15, 0.2) is 18.2 Å². The minimum atomic E-state index is -4.49. The van der Waals surface area contributed by atoms with Crippen LogP contribution in [0.3, 0.4) is 0 Å². The van der Waals surface area contributed by atoms with Gasteiger partial charge in [0, 0.05) is 24.8 Å². The largest absolute Gasteiger partial charge is 0.416 e. The van der Waals surface area contributed by atoms with Gasteiger partial charge in [-0.3, -0.25) is 4.79 Å². The van der Waals surface area contributed by atoms with E-state index in [1.807, 2.05) is 7.05 Å². The van der Waals surface area contributed by atoms with Crippen molar-refractivity contribution in [2.75, 3.05) is 25.9 Å². The Labute approximate surface area is 121 Å². The number of rotatable bonds is 5. The van der Waals surface area contributed by atoms with Gasteiger partial charge in [0.1, 0.15) is 0 Å². The van der Waals surface area contributed by atoms with Gasteiger partial charge in [0.05, 0.1) is 11.1 Å². The number of amides is 1. The molecular weight excluding hydrogens is 283 g/mol. The normalized spacial score (nSPS) is 15.3. The fourth-order valence-electron chi connectivity index (χ4n) is 2.07. The Morgan fingerprint density at radius 3 is 2.67 bits per heavy atom. The van der Waals surface area contributed by atoms with E-state index in [9.17, 15) is 18.0 Å². The fraction of sp³-hybridized carbons (Fsp3) is 0.500. The molecule has 116 valence electrons. The van der Waals surface area contributed by atoms with E-state index in [1.54, 1.807) is 0 Å². The number of anilines is 1. The van der Waals surface area contributed by atoms with E-state index in [1.165, 1.54) is 0 Å². The maximum Gasteiger partial charge on any atom is 0.416 e. The summed E-state index contributed by atoms with van der Waals surface area (Å²) in [6.07, 6.45) is -2.18. The molecule has 1 fully saturated rings. The summed E-state index contributed by atoms with van der Waals surface area (Å²) in [6, 6.07) is 3.33. The molecule has 0 aliphatic heterocycles. The zero-order valence-corrected chi connectivity index (χ0v) is 11.7. The Balaban J connectivity index is 1.97. The molecule has 0 atom stereocenters. The van der Waals surface area contributed by atoms with Crippen LogP contribution in [0.5, 0.6) is 0 Å². The van der Waals surface area contributed by atoms with Gasteiger partial charge in [0.2, 0.25) is 0 Å². The van der Waals surface area contributed by atoms with Crippen LogP contribution in [0.25, 0.3) is 0 Å². The molecule has 1 amide bonds. The second-order valence-electron chi connectivity index (χ2n) is 5.27. The lowest BCUT2D eigenvalue weighted by molar-refractivity contribution is -0.137. The number of hydrogen-bond donors (Lipinski definition) is 2. The molecule has 1 aliphatic carbocycles. The molecule has 4 nitrogen and oxygen atoms in total. The van der Waals surface area contributed by atoms with Crippen molar-refractivity contribution in [3.05, 3.63) is 29.3 Å². The van der Waals surface area contributed by atoms with Crippen LogP contribution in [-0.4, -0.2) is 37.0 Å². The van der Waals surface area contributed by atoms with Gasteiger partial charge in [-0.05, 0) is 38.1 Å². The highest BCUT2D eigenvalue weighted by atomic mass is 19.4. The smallest absolute Gasteiger partial charge is 0.398 e. The Hall–Kier alpha value is -1.76. The highest BCUT2D eigenvalue weighted by Crippen LogP contribution is 2.31. The molecule has 7 heteroatoms. The first kappa shape index (κ1) is 15.6. The molecule has 3 N–H and O–H groups in total. The number of halogens is 3. The van der Waals surface area contributed by atoms with Gasteiger partial charge < -0.3 is 16.0 Å². The summed E-state index contributed by atoms with van der Waals surface area (Å²) in [5, 5.41) is 2.60. The van der Waals surface area contributed by atoms with Crippen molar-refractivity contribution in [1.82, 2.24) is 10.2 Å². The average molecular weight is 301 g/mol. The van der Waals surface area contributed by atoms with Gasteiger partial charge in [-0.25, -0.2) is 0 Å². The lowest BCUT2D eigenvalue weighted by Gasteiger charge is -2.16. The van der Waals surface area contributed by atoms with Crippen molar-refractivity contribution in [1.29, 1.82) is 0 Å². The van der Waals surface area contributed by atoms with E-state index in [4.69, 9.17) is 5.73 Å².